The lowest BCUT2D eigenvalue weighted by molar-refractivity contribution is 0.196. The molecule has 8 heteroatoms. The highest BCUT2D eigenvalue weighted by molar-refractivity contribution is 5.74. The Morgan fingerprint density at radius 2 is 2.09 bits per heavy atom. The van der Waals surface area contributed by atoms with Crippen molar-refractivity contribution in [2.24, 2.45) is 7.05 Å². The molecule has 2 heterocycles. The fourth-order valence-corrected chi connectivity index (χ4v) is 1.99. The van der Waals surface area contributed by atoms with E-state index in [0.717, 1.165) is 5.56 Å². The lowest BCUT2D eigenvalue weighted by Crippen LogP contribution is -2.03. The molecule has 114 valence electrons. The molecule has 0 aliphatic carbocycles. The first-order chi connectivity index (χ1) is 10.7. The van der Waals surface area contributed by atoms with Gasteiger partial charge in [-0.1, -0.05) is 35.5 Å². The lowest BCUT2D eigenvalue weighted by Gasteiger charge is -2.00. The molecule has 0 aliphatic rings. The fraction of sp³-hybridized carbons (Fsp3) is 0.214. The maximum atomic E-state index is 8.88. The van der Waals surface area contributed by atoms with Crippen LogP contribution in [0.4, 0.5) is 5.82 Å². The van der Waals surface area contributed by atoms with Gasteiger partial charge in [0.2, 0.25) is 11.7 Å². The molecule has 0 amide bonds. The summed E-state index contributed by atoms with van der Waals surface area (Å²) in [7, 11) is 1.68. The van der Waals surface area contributed by atoms with Crippen LogP contribution in [0.15, 0.2) is 34.9 Å². The molecule has 3 N–H and O–H groups in total. The van der Waals surface area contributed by atoms with E-state index in [4.69, 9.17) is 20.1 Å². The topological polar surface area (TPSA) is 112 Å². The van der Waals surface area contributed by atoms with E-state index < -0.39 is 0 Å². The highest BCUT2D eigenvalue weighted by Gasteiger charge is 2.23. The molecule has 0 bridgehead atoms. The number of aromatic nitrogens is 4. The van der Waals surface area contributed by atoms with Gasteiger partial charge in [-0.3, -0.25) is 0 Å². The summed E-state index contributed by atoms with van der Waals surface area (Å²) in [5, 5.41) is 17.0. The Morgan fingerprint density at radius 1 is 1.32 bits per heavy atom. The Bertz CT molecular complexity index is 766. The Kier molecular flexibility index (Phi) is 3.75. The van der Waals surface area contributed by atoms with E-state index in [2.05, 4.69) is 15.2 Å². The summed E-state index contributed by atoms with van der Waals surface area (Å²) in [6.07, 6.45) is 0. The van der Waals surface area contributed by atoms with Crippen LogP contribution in [-0.2, 0) is 7.05 Å². The third-order valence-electron chi connectivity index (χ3n) is 3.06. The zero-order valence-corrected chi connectivity index (χ0v) is 11.9. The van der Waals surface area contributed by atoms with E-state index in [1.807, 2.05) is 30.3 Å². The first kappa shape index (κ1) is 14.1. The van der Waals surface area contributed by atoms with Crippen LogP contribution in [0.5, 0.6) is 5.88 Å². The van der Waals surface area contributed by atoms with Crippen molar-refractivity contribution in [3.63, 3.8) is 0 Å². The number of benzene rings is 1. The molecule has 0 atom stereocenters. The Labute approximate surface area is 126 Å². The first-order valence-corrected chi connectivity index (χ1v) is 6.66. The van der Waals surface area contributed by atoms with Gasteiger partial charge in [0.15, 0.2) is 0 Å². The van der Waals surface area contributed by atoms with Gasteiger partial charge in [-0.2, -0.15) is 4.98 Å². The van der Waals surface area contributed by atoms with Crippen LogP contribution < -0.4 is 10.5 Å². The summed E-state index contributed by atoms with van der Waals surface area (Å²) in [6, 6.07) is 9.44. The van der Waals surface area contributed by atoms with Gasteiger partial charge in [0.05, 0.1) is 6.61 Å². The maximum absolute atomic E-state index is 8.88. The van der Waals surface area contributed by atoms with Gasteiger partial charge in [-0.15, -0.1) is 5.10 Å². The van der Waals surface area contributed by atoms with Gasteiger partial charge in [0.25, 0.3) is 5.89 Å². The molecule has 0 aliphatic heterocycles. The van der Waals surface area contributed by atoms with E-state index in [-0.39, 0.29) is 25.0 Å². The fourth-order valence-electron chi connectivity index (χ4n) is 1.99. The number of hydrogen-bond acceptors (Lipinski definition) is 7. The molecule has 0 saturated carbocycles. The molecule has 2 aromatic heterocycles. The average Bonchev–Trinajstić information content (AvgIpc) is 3.12. The van der Waals surface area contributed by atoms with E-state index >= 15 is 0 Å². The van der Waals surface area contributed by atoms with Crippen molar-refractivity contribution < 1.29 is 14.4 Å². The van der Waals surface area contributed by atoms with Crippen LogP contribution in [0.3, 0.4) is 0 Å². The second-order valence-corrected chi connectivity index (χ2v) is 4.55. The summed E-state index contributed by atoms with van der Waals surface area (Å²) in [5.74, 6) is 1.26. The summed E-state index contributed by atoms with van der Waals surface area (Å²) >= 11 is 0. The Morgan fingerprint density at radius 3 is 2.82 bits per heavy atom. The van der Waals surface area contributed by atoms with Gasteiger partial charge in [0.1, 0.15) is 18.0 Å². The third-order valence-corrected chi connectivity index (χ3v) is 3.06. The predicted molar refractivity (Wildman–Crippen MR) is 78.9 cm³/mol. The number of nitrogens with two attached hydrogens (primary N) is 1. The summed E-state index contributed by atoms with van der Waals surface area (Å²) in [4.78, 5) is 4.34. The number of aliphatic hydroxyl groups is 1. The summed E-state index contributed by atoms with van der Waals surface area (Å²) in [6.45, 7) is -0.0296. The Balaban J connectivity index is 2.00. The molecular formula is C14H15N5O3. The SMILES string of the molecule is Cn1nc(OCCO)c(-c2nc(-c3ccccc3)no2)c1N. The van der Waals surface area contributed by atoms with Gasteiger partial charge in [-0.05, 0) is 0 Å². The number of anilines is 1. The zero-order valence-electron chi connectivity index (χ0n) is 11.9. The normalized spacial score (nSPS) is 10.8. The van der Waals surface area contributed by atoms with Gasteiger partial charge >= 0.3 is 0 Å². The largest absolute Gasteiger partial charge is 0.474 e. The standard InChI is InChI=1S/C14H15N5O3/c1-19-11(15)10(14(17-19)21-8-7-20)13-16-12(18-22-13)9-5-3-2-4-6-9/h2-6,20H,7-8,15H2,1H3. The molecule has 22 heavy (non-hydrogen) atoms. The van der Waals surface area contributed by atoms with Crippen LogP contribution in [0, 0.1) is 0 Å². The molecule has 0 fully saturated rings. The highest BCUT2D eigenvalue weighted by Crippen LogP contribution is 2.34. The molecule has 3 aromatic rings. The van der Waals surface area contributed by atoms with Crippen molar-refractivity contribution in [1.29, 1.82) is 0 Å². The van der Waals surface area contributed by atoms with Crippen molar-refractivity contribution in [3.8, 4) is 28.7 Å². The van der Waals surface area contributed by atoms with E-state index in [9.17, 15) is 0 Å². The number of hydrogen-bond donors (Lipinski definition) is 2. The number of aryl methyl sites for hydroxylation is 1. The van der Waals surface area contributed by atoms with E-state index in [0.29, 0.717) is 17.2 Å². The van der Waals surface area contributed by atoms with Crippen LogP contribution in [-0.4, -0.2) is 38.2 Å². The Hall–Kier alpha value is -2.87. The quantitative estimate of drug-likeness (QED) is 0.725. The predicted octanol–water partition coefficient (Wildman–Crippen LogP) is 1.09. The van der Waals surface area contributed by atoms with Crippen molar-refractivity contribution in [2.75, 3.05) is 18.9 Å². The van der Waals surface area contributed by atoms with Crippen molar-refractivity contribution in [2.45, 2.75) is 0 Å². The molecular weight excluding hydrogens is 286 g/mol. The van der Waals surface area contributed by atoms with Crippen molar-refractivity contribution in [1.82, 2.24) is 19.9 Å². The van der Waals surface area contributed by atoms with Crippen LogP contribution in [0.25, 0.3) is 22.8 Å². The number of rotatable bonds is 5. The number of aliphatic hydroxyl groups excluding tert-OH is 1. The smallest absolute Gasteiger partial charge is 0.267 e. The summed E-state index contributed by atoms with van der Waals surface area (Å²) in [5.41, 5.74) is 7.24. The molecule has 0 unspecified atom stereocenters. The minimum atomic E-state index is -0.130. The van der Waals surface area contributed by atoms with Crippen molar-refractivity contribution in [3.05, 3.63) is 30.3 Å². The van der Waals surface area contributed by atoms with Gasteiger partial charge in [0, 0.05) is 12.6 Å². The number of nitrogen functional groups attached to an aromatic ring is 1. The first-order valence-electron chi connectivity index (χ1n) is 6.66. The molecule has 1 aromatic carbocycles. The maximum Gasteiger partial charge on any atom is 0.267 e. The molecule has 0 spiro atoms. The van der Waals surface area contributed by atoms with Crippen LogP contribution in [0.1, 0.15) is 0 Å². The van der Waals surface area contributed by atoms with Crippen LogP contribution in [0.2, 0.25) is 0 Å². The number of ether oxygens (including phenoxy) is 1. The molecule has 0 saturated heterocycles. The zero-order chi connectivity index (χ0) is 15.5. The van der Waals surface area contributed by atoms with E-state index in [1.165, 1.54) is 4.68 Å². The monoisotopic (exact) mass is 301 g/mol. The lowest BCUT2D eigenvalue weighted by atomic mass is 10.2. The second kappa shape index (κ2) is 5.86. The second-order valence-electron chi connectivity index (χ2n) is 4.55. The van der Waals surface area contributed by atoms with Crippen molar-refractivity contribution >= 4 is 5.82 Å². The van der Waals surface area contributed by atoms with E-state index in [1.54, 1.807) is 7.05 Å². The highest BCUT2D eigenvalue weighted by atomic mass is 16.5. The third kappa shape index (κ3) is 2.51. The van der Waals surface area contributed by atoms with Gasteiger partial charge < -0.3 is 20.1 Å². The summed E-state index contributed by atoms with van der Waals surface area (Å²) < 4.78 is 12.1. The molecule has 0 radical (unpaired) electrons. The van der Waals surface area contributed by atoms with Gasteiger partial charge in [-0.25, -0.2) is 4.68 Å². The van der Waals surface area contributed by atoms with Crippen LogP contribution >= 0.6 is 0 Å². The minimum absolute atomic E-state index is 0.100. The molecule has 3 rings (SSSR count). The average molecular weight is 301 g/mol. The minimum Gasteiger partial charge on any atom is -0.474 e. The molecule has 8 nitrogen and oxygen atoms in total. The number of nitrogens with zero attached hydrogens (tertiary/aromatic N) is 4.